The molecular weight excluding hydrogens is 632 g/mol. The molecule has 1 aliphatic carbocycles. The van der Waals surface area contributed by atoms with Crippen molar-refractivity contribution < 1.29 is 23.8 Å². The molecule has 1 fully saturated rings. The van der Waals surface area contributed by atoms with Crippen molar-refractivity contribution in [1.82, 2.24) is 15.1 Å². The third-order valence-corrected chi connectivity index (χ3v) is 9.86. The van der Waals surface area contributed by atoms with E-state index in [-0.39, 0.29) is 23.2 Å². The van der Waals surface area contributed by atoms with E-state index in [1.54, 1.807) is 33.5 Å². The molecule has 10 heteroatoms. The second-order valence-electron chi connectivity index (χ2n) is 13.0. The summed E-state index contributed by atoms with van der Waals surface area (Å²) in [6.45, 7) is 9.18. The number of carbonyl (C=O) groups excluding carboxylic acids is 2. The summed E-state index contributed by atoms with van der Waals surface area (Å²) >= 11 is 0. The van der Waals surface area contributed by atoms with Crippen molar-refractivity contribution in [2.24, 2.45) is 5.92 Å². The Labute approximate surface area is 295 Å². The van der Waals surface area contributed by atoms with Gasteiger partial charge in [-0.3, -0.25) is 19.3 Å². The standard InChI is InChI=1S/C40H50N4O6/c1-7-26(2)37(40(47)44-22-20-43(21-23-44)19-11-14-28-12-9-8-10-13-28)42-33-18-16-30-31(25-34(33)46)32(41-27(3)45)17-15-29-24-35(48-4)38(49-5)39(50-6)36(29)30/h8-14,16,18,24-26,32,37H,7,15,17,19-23H2,1-6H3,(H,41,45)(H,42,46)/b14-11+/t26-,32+,37+/m1/s1. The number of anilines is 1. The first-order valence-electron chi connectivity index (χ1n) is 17.5. The lowest BCUT2D eigenvalue weighted by molar-refractivity contribution is -0.134. The molecule has 3 aromatic carbocycles. The average molecular weight is 683 g/mol. The largest absolute Gasteiger partial charge is 0.493 e. The highest BCUT2D eigenvalue weighted by molar-refractivity contribution is 5.86. The summed E-state index contributed by atoms with van der Waals surface area (Å²) in [6.07, 6.45) is 6.22. The van der Waals surface area contributed by atoms with Gasteiger partial charge < -0.3 is 29.7 Å². The van der Waals surface area contributed by atoms with E-state index in [0.29, 0.717) is 54.4 Å². The van der Waals surface area contributed by atoms with Gasteiger partial charge in [-0.25, -0.2) is 0 Å². The minimum absolute atomic E-state index is 0.00809. The number of nitrogens with zero attached hydrogens (tertiary/aromatic N) is 2. The number of piperazine rings is 1. The van der Waals surface area contributed by atoms with Crippen molar-refractivity contribution in [3.8, 4) is 28.4 Å². The number of benzene rings is 2. The van der Waals surface area contributed by atoms with E-state index in [2.05, 4.69) is 46.7 Å². The van der Waals surface area contributed by atoms with Gasteiger partial charge in [0.1, 0.15) is 6.04 Å². The lowest BCUT2D eigenvalue weighted by atomic mass is 9.95. The normalized spacial score (nSPS) is 17.2. The van der Waals surface area contributed by atoms with Crippen LogP contribution in [0.4, 0.5) is 5.69 Å². The Balaban J connectivity index is 1.44. The van der Waals surface area contributed by atoms with Gasteiger partial charge in [0.2, 0.25) is 23.0 Å². The van der Waals surface area contributed by atoms with E-state index in [4.69, 9.17) is 14.2 Å². The number of fused-ring (bicyclic) bond motifs is 3. The Kier molecular flexibility index (Phi) is 12.2. The molecule has 0 bridgehead atoms. The Bertz CT molecular complexity index is 1750. The molecule has 0 saturated carbocycles. The molecule has 0 unspecified atom stereocenters. The fourth-order valence-corrected chi connectivity index (χ4v) is 6.93. The predicted octanol–water partition coefficient (Wildman–Crippen LogP) is 5.55. The minimum atomic E-state index is -0.586. The molecule has 1 aliphatic heterocycles. The fraction of sp³-hybridized carbons (Fsp3) is 0.425. The van der Waals surface area contributed by atoms with Gasteiger partial charge >= 0.3 is 0 Å². The monoisotopic (exact) mass is 682 g/mol. The third-order valence-electron chi connectivity index (χ3n) is 9.86. The SMILES string of the molecule is CC[C@@H](C)[C@H](Nc1ccc2c(cc1=O)[C@@H](NC(C)=O)CCc1cc(OC)c(OC)c(OC)c1-2)C(=O)N1CCN(C/C=C/c2ccccc2)CC1. The minimum Gasteiger partial charge on any atom is -0.493 e. The second-order valence-corrected chi connectivity index (χ2v) is 13.0. The van der Waals surface area contributed by atoms with E-state index >= 15 is 0 Å². The number of hydrogen-bond donors (Lipinski definition) is 2. The highest BCUT2D eigenvalue weighted by Crippen LogP contribution is 2.50. The van der Waals surface area contributed by atoms with Crippen molar-refractivity contribution in [3.05, 3.63) is 87.6 Å². The first kappa shape index (κ1) is 36.5. The Morgan fingerprint density at radius 1 is 0.960 bits per heavy atom. The van der Waals surface area contributed by atoms with Crippen LogP contribution in [0.2, 0.25) is 0 Å². The lowest BCUT2D eigenvalue weighted by Crippen LogP contribution is -2.54. The average Bonchev–Trinajstić information content (AvgIpc) is 3.37. The van der Waals surface area contributed by atoms with Crippen LogP contribution < -0.4 is 30.3 Å². The number of nitrogens with one attached hydrogen (secondary N) is 2. The van der Waals surface area contributed by atoms with Crippen LogP contribution in [0.3, 0.4) is 0 Å². The summed E-state index contributed by atoms with van der Waals surface area (Å²) in [6, 6.07) is 16.4. The highest BCUT2D eigenvalue weighted by Gasteiger charge is 2.32. The van der Waals surface area contributed by atoms with Gasteiger partial charge in [-0.05, 0) is 59.2 Å². The maximum atomic E-state index is 14.1. The molecule has 50 heavy (non-hydrogen) atoms. The van der Waals surface area contributed by atoms with Crippen molar-refractivity contribution in [2.45, 2.75) is 52.1 Å². The lowest BCUT2D eigenvalue weighted by Gasteiger charge is -2.37. The summed E-state index contributed by atoms with van der Waals surface area (Å²) in [5, 5.41) is 6.43. The van der Waals surface area contributed by atoms with Gasteiger partial charge in [0.05, 0.1) is 33.1 Å². The predicted molar refractivity (Wildman–Crippen MR) is 198 cm³/mol. The molecule has 3 atom stereocenters. The molecule has 2 amide bonds. The number of methoxy groups -OCH3 is 3. The Morgan fingerprint density at radius 3 is 2.32 bits per heavy atom. The van der Waals surface area contributed by atoms with E-state index < -0.39 is 12.1 Å². The van der Waals surface area contributed by atoms with Crippen LogP contribution in [0.25, 0.3) is 17.2 Å². The zero-order chi connectivity index (χ0) is 35.8. The number of ether oxygens (including phenoxy) is 3. The van der Waals surface area contributed by atoms with Gasteiger partial charge in [-0.15, -0.1) is 0 Å². The fourth-order valence-electron chi connectivity index (χ4n) is 6.93. The molecule has 266 valence electrons. The van der Waals surface area contributed by atoms with Crippen molar-refractivity contribution in [1.29, 1.82) is 0 Å². The number of carbonyl (C=O) groups is 2. The molecule has 0 radical (unpaired) electrons. The van der Waals surface area contributed by atoms with Crippen molar-refractivity contribution in [2.75, 3.05) is 59.4 Å². The van der Waals surface area contributed by atoms with Crippen LogP contribution in [0.15, 0.2) is 65.5 Å². The van der Waals surface area contributed by atoms with Crippen LogP contribution in [-0.2, 0) is 16.0 Å². The smallest absolute Gasteiger partial charge is 0.245 e. The van der Waals surface area contributed by atoms with Gasteiger partial charge in [0.15, 0.2) is 11.5 Å². The summed E-state index contributed by atoms with van der Waals surface area (Å²) in [7, 11) is 4.71. The van der Waals surface area contributed by atoms with Crippen LogP contribution >= 0.6 is 0 Å². The molecule has 2 N–H and O–H groups in total. The highest BCUT2D eigenvalue weighted by atomic mass is 16.5. The van der Waals surface area contributed by atoms with Crippen molar-refractivity contribution in [3.63, 3.8) is 0 Å². The zero-order valence-electron chi connectivity index (χ0n) is 30.1. The summed E-state index contributed by atoms with van der Waals surface area (Å²) in [4.78, 5) is 44.7. The summed E-state index contributed by atoms with van der Waals surface area (Å²) in [5.74, 6) is 1.24. The van der Waals surface area contributed by atoms with E-state index in [1.807, 2.05) is 42.2 Å². The first-order valence-corrected chi connectivity index (χ1v) is 17.5. The zero-order valence-corrected chi connectivity index (χ0v) is 30.1. The van der Waals surface area contributed by atoms with Gasteiger partial charge in [0, 0.05) is 45.2 Å². The number of rotatable bonds is 12. The maximum Gasteiger partial charge on any atom is 0.245 e. The molecule has 0 aromatic heterocycles. The molecule has 3 aromatic rings. The maximum absolute atomic E-state index is 14.1. The molecule has 1 heterocycles. The number of aryl methyl sites for hydroxylation is 1. The molecular formula is C40H50N4O6. The van der Waals surface area contributed by atoms with Gasteiger partial charge in [-0.1, -0.05) is 68.8 Å². The topological polar surface area (TPSA) is 109 Å². The molecule has 1 saturated heterocycles. The van der Waals surface area contributed by atoms with Crippen LogP contribution in [-0.4, -0.2) is 81.7 Å². The number of hydrogen-bond acceptors (Lipinski definition) is 8. The quantitative estimate of drug-likeness (QED) is 0.256. The Hall–Kier alpha value is -4.83. The second kappa shape index (κ2) is 16.7. The first-order chi connectivity index (χ1) is 24.2. The van der Waals surface area contributed by atoms with Gasteiger partial charge in [-0.2, -0.15) is 0 Å². The summed E-state index contributed by atoms with van der Waals surface area (Å²) in [5.41, 5.74) is 4.37. The van der Waals surface area contributed by atoms with E-state index in [0.717, 1.165) is 42.7 Å². The molecule has 5 rings (SSSR count). The van der Waals surface area contributed by atoms with Gasteiger partial charge in [0.25, 0.3) is 0 Å². The molecule has 2 aliphatic rings. The van der Waals surface area contributed by atoms with Crippen LogP contribution in [0, 0.1) is 5.92 Å². The van der Waals surface area contributed by atoms with E-state index in [9.17, 15) is 14.4 Å². The number of amides is 2. The van der Waals surface area contributed by atoms with E-state index in [1.165, 1.54) is 12.5 Å². The van der Waals surface area contributed by atoms with Crippen molar-refractivity contribution >= 4 is 23.6 Å². The Morgan fingerprint density at radius 2 is 1.68 bits per heavy atom. The third kappa shape index (κ3) is 8.13. The van der Waals surface area contributed by atoms with Crippen LogP contribution in [0.5, 0.6) is 17.2 Å². The van der Waals surface area contributed by atoms with Crippen LogP contribution in [0.1, 0.15) is 56.3 Å². The molecule has 10 nitrogen and oxygen atoms in total. The summed E-state index contributed by atoms with van der Waals surface area (Å²) < 4.78 is 17.3. The molecule has 0 spiro atoms.